The Morgan fingerprint density at radius 2 is 1.80 bits per heavy atom. The van der Waals surface area contributed by atoms with Crippen molar-refractivity contribution >= 4 is 32.4 Å². The van der Waals surface area contributed by atoms with E-state index in [4.69, 9.17) is 15.6 Å². The second-order valence-electron chi connectivity index (χ2n) is 11.5. The second-order valence-corrected chi connectivity index (χ2v) is 13.2. The number of anilines is 2. The third-order valence-electron chi connectivity index (χ3n) is 8.36. The Bertz CT molecular complexity index is 1770. The summed E-state index contributed by atoms with van der Waals surface area (Å²) in [6.45, 7) is 5.41. The summed E-state index contributed by atoms with van der Waals surface area (Å²) in [6.07, 6.45) is 5.58. The number of ether oxygens (including phenoxy) is 1. The van der Waals surface area contributed by atoms with E-state index in [1.807, 2.05) is 18.6 Å². The predicted molar refractivity (Wildman–Crippen MR) is 164 cm³/mol. The van der Waals surface area contributed by atoms with Crippen LogP contribution in [-0.4, -0.2) is 61.4 Å². The summed E-state index contributed by atoms with van der Waals surface area (Å²) < 4.78 is 79.7. The van der Waals surface area contributed by atoms with E-state index in [2.05, 4.69) is 16.9 Å². The zero-order valence-electron chi connectivity index (χ0n) is 25.1. The highest BCUT2D eigenvalue weighted by molar-refractivity contribution is 7.92. The highest BCUT2D eigenvalue weighted by Gasteiger charge is 2.30. The van der Waals surface area contributed by atoms with Crippen molar-refractivity contribution in [2.45, 2.75) is 62.4 Å². The summed E-state index contributed by atoms with van der Waals surface area (Å²) in [4.78, 5) is 6.09. The quantitative estimate of drug-likeness (QED) is 0.218. The molecule has 2 aromatic carbocycles. The lowest BCUT2D eigenvalue weighted by Crippen LogP contribution is -2.36. The third-order valence-corrected chi connectivity index (χ3v) is 9.76. The molecule has 3 N–H and O–H groups in total. The minimum atomic E-state index is -4.53. The molecule has 4 aromatic rings. The fourth-order valence-electron chi connectivity index (χ4n) is 5.99. The number of nitrogens with two attached hydrogens (primary N) is 1. The molecule has 1 saturated carbocycles. The minimum Gasteiger partial charge on any atom is -0.383 e. The van der Waals surface area contributed by atoms with E-state index < -0.39 is 38.1 Å². The van der Waals surface area contributed by atoms with E-state index >= 15 is 8.78 Å². The van der Waals surface area contributed by atoms with E-state index in [1.165, 1.54) is 12.1 Å². The molecule has 2 aromatic heterocycles. The molecule has 0 amide bonds. The van der Waals surface area contributed by atoms with Gasteiger partial charge in [0, 0.05) is 43.6 Å². The van der Waals surface area contributed by atoms with E-state index in [1.54, 1.807) is 18.0 Å². The molecule has 9 nitrogen and oxygen atoms in total. The summed E-state index contributed by atoms with van der Waals surface area (Å²) >= 11 is 0. The maximum absolute atomic E-state index is 15.7. The average molecular weight is 631 g/mol. The van der Waals surface area contributed by atoms with Gasteiger partial charge in [-0.2, -0.15) is 5.10 Å². The summed E-state index contributed by atoms with van der Waals surface area (Å²) in [5.74, 6) is -2.71. The van der Waals surface area contributed by atoms with Gasteiger partial charge in [-0.3, -0.25) is 9.40 Å². The highest BCUT2D eigenvalue weighted by Crippen LogP contribution is 2.42. The van der Waals surface area contributed by atoms with Gasteiger partial charge >= 0.3 is 0 Å². The highest BCUT2D eigenvalue weighted by atomic mass is 32.2. The molecule has 1 aliphatic carbocycles. The van der Waals surface area contributed by atoms with Crippen LogP contribution < -0.4 is 10.5 Å². The van der Waals surface area contributed by atoms with Crippen LogP contribution in [0.3, 0.4) is 0 Å². The summed E-state index contributed by atoms with van der Waals surface area (Å²) in [6, 6.07) is 6.54. The average Bonchev–Trinajstić information content (AvgIpc) is 3.40. The molecule has 0 unspecified atom stereocenters. The van der Waals surface area contributed by atoms with Gasteiger partial charge in [-0.25, -0.2) is 26.6 Å². The molecule has 0 spiro atoms. The van der Waals surface area contributed by atoms with Crippen molar-refractivity contribution < 1.29 is 26.3 Å². The largest absolute Gasteiger partial charge is 0.383 e. The number of nitrogen functional groups attached to an aromatic ring is 1. The van der Waals surface area contributed by atoms with Crippen molar-refractivity contribution in [1.29, 1.82) is 0 Å². The number of halogens is 3. The van der Waals surface area contributed by atoms with Gasteiger partial charge < -0.3 is 15.4 Å². The third kappa shape index (κ3) is 6.13. The number of hydrogen-bond acceptors (Lipinski definition) is 7. The number of methoxy groups -OCH3 is 1. The molecule has 2 heterocycles. The van der Waals surface area contributed by atoms with Crippen molar-refractivity contribution in [3.63, 3.8) is 0 Å². The van der Waals surface area contributed by atoms with Gasteiger partial charge in [0.1, 0.15) is 33.9 Å². The predicted octanol–water partition coefficient (Wildman–Crippen LogP) is 6.08. The number of pyridine rings is 1. The number of sulfonamides is 1. The normalized spacial score (nSPS) is 17.6. The molecule has 0 atom stereocenters. The van der Waals surface area contributed by atoms with Crippen molar-refractivity contribution in [1.82, 2.24) is 19.7 Å². The monoisotopic (exact) mass is 630 g/mol. The van der Waals surface area contributed by atoms with Crippen LogP contribution in [-0.2, 0) is 14.8 Å². The Morgan fingerprint density at radius 1 is 1.09 bits per heavy atom. The van der Waals surface area contributed by atoms with Crippen LogP contribution in [0.2, 0.25) is 0 Å². The lowest BCUT2D eigenvalue weighted by molar-refractivity contribution is 0.120. The van der Waals surface area contributed by atoms with Crippen LogP contribution in [0.5, 0.6) is 0 Å². The second kappa shape index (κ2) is 12.7. The SMILES string of the molecule is COCCN(C)C1CCC(c2cnc(N)c3c(-c4cc(F)c(NS(=O)(=O)c5ccccc5F)cc4F)nn(C(C)C)c23)CC1. The first-order chi connectivity index (χ1) is 20.9. The number of aromatic nitrogens is 3. The molecule has 236 valence electrons. The fourth-order valence-corrected chi connectivity index (χ4v) is 7.13. The first-order valence-corrected chi connectivity index (χ1v) is 16.0. The van der Waals surface area contributed by atoms with Crippen LogP contribution >= 0.6 is 0 Å². The molecular formula is C31H37F3N6O3S. The molecule has 0 radical (unpaired) electrons. The standard InChI is InChI=1S/C31H37F3N6O3S/c1-18(2)40-30-22(19-9-11-20(12-10-19)39(3)13-14-43-4)17-36-31(35)28(30)29(37-40)21-15-25(34)26(16-24(21)33)38-44(41,42)27-8-6-5-7-23(27)32/h5-8,15-20,38H,9-14H2,1-4H3,(H2,35,36). The zero-order chi connectivity index (χ0) is 31.8. The zero-order valence-corrected chi connectivity index (χ0v) is 26.0. The molecule has 1 aliphatic rings. The number of benzene rings is 2. The summed E-state index contributed by atoms with van der Waals surface area (Å²) in [5, 5.41) is 5.11. The van der Waals surface area contributed by atoms with Gasteiger partial charge in [-0.05, 0) is 76.3 Å². The van der Waals surface area contributed by atoms with E-state index in [-0.39, 0.29) is 29.0 Å². The molecule has 1 fully saturated rings. The minimum absolute atomic E-state index is 0.105. The summed E-state index contributed by atoms with van der Waals surface area (Å²) in [7, 11) is -0.729. The summed E-state index contributed by atoms with van der Waals surface area (Å²) in [5.41, 5.74) is 7.29. The number of fused-ring (bicyclic) bond motifs is 1. The van der Waals surface area contributed by atoms with Crippen LogP contribution in [0.15, 0.2) is 47.5 Å². The van der Waals surface area contributed by atoms with Gasteiger partial charge in [-0.15, -0.1) is 0 Å². The molecule has 0 bridgehead atoms. The number of likely N-dealkylation sites (N-methyl/N-ethyl adjacent to an activating group) is 1. The van der Waals surface area contributed by atoms with Crippen LogP contribution in [0, 0.1) is 17.5 Å². The van der Waals surface area contributed by atoms with E-state index in [0.717, 1.165) is 67.6 Å². The fraction of sp³-hybridized carbons (Fsp3) is 0.419. The van der Waals surface area contributed by atoms with E-state index in [9.17, 15) is 12.8 Å². The van der Waals surface area contributed by atoms with Gasteiger partial charge in [0.25, 0.3) is 10.0 Å². The molecular weight excluding hydrogens is 593 g/mol. The number of hydrogen-bond donors (Lipinski definition) is 2. The van der Waals surface area contributed by atoms with E-state index in [0.29, 0.717) is 18.0 Å². The van der Waals surface area contributed by atoms with Gasteiger partial charge in [-0.1, -0.05) is 12.1 Å². The molecule has 44 heavy (non-hydrogen) atoms. The lowest BCUT2D eigenvalue weighted by atomic mass is 9.81. The Morgan fingerprint density at radius 3 is 2.45 bits per heavy atom. The first kappa shape index (κ1) is 31.7. The van der Waals surface area contributed by atoms with Gasteiger partial charge in [0.2, 0.25) is 0 Å². The Balaban J connectivity index is 1.52. The number of nitrogens with zero attached hydrogens (tertiary/aromatic N) is 4. The number of nitrogens with one attached hydrogen (secondary N) is 1. The molecule has 13 heteroatoms. The smallest absolute Gasteiger partial charge is 0.264 e. The lowest BCUT2D eigenvalue weighted by Gasteiger charge is -2.35. The molecule has 5 rings (SSSR count). The first-order valence-electron chi connectivity index (χ1n) is 14.6. The van der Waals surface area contributed by atoms with Crippen molar-refractivity contribution in [2.75, 3.05) is 37.8 Å². The van der Waals surface area contributed by atoms with Gasteiger partial charge in [0.05, 0.1) is 23.2 Å². The van der Waals surface area contributed by atoms with Gasteiger partial charge in [0.15, 0.2) is 0 Å². The maximum Gasteiger partial charge on any atom is 0.264 e. The Kier molecular flexibility index (Phi) is 9.19. The van der Waals surface area contributed by atoms with Crippen LogP contribution in [0.25, 0.3) is 22.2 Å². The Labute approximate surface area is 255 Å². The molecule has 0 aliphatic heterocycles. The Hall–Kier alpha value is -3.68. The number of rotatable bonds is 10. The topological polar surface area (TPSA) is 115 Å². The maximum atomic E-state index is 15.7. The van der Waals surface area contributed by atoms with Crippen LogP contribution in [0.4, 0.5) is 24.7 Å². The van der Waals surface area contributed by atoms with Crippen molar-refractivity contribution in [2.24, 2.45) is 0 Å². The van der Waals surface area contributed by atoms with Crippen LogP contribution in [0.1, 0.15) is 57.1 Å². The van der Waals surface area contributed by atoms with Crippen molar-refractivity contribution in [3.8, 4) is 11.3 Å². The van der Waals surface area contributed by atoms with Crippen molar-refractivity contribution in [3.05, 3.63) is 65.6 Å². The molecule has 0 saturated heterocycles.